The SMILES string of the molecule is CN=C(NCCc1ccc(OC)cc1Cl)NCC(c1cnn(C)c1)N(C)C.I. The fourth-order valence-electron chi connectivity index (χ4n) is 2.80. The van der Waals surface area contributed by atoms with Crippen molar-refractivity contribution in [1.29, 1.82) is 0 Å². The lowest BCUT2D eigenvalue weighted by molar-refractivity contribution is 0.298. The van der Waals surface area contributed by atoms with Gasteiger partial charge in [0.25, 0.3) is 0 Å². The van der Waals surface area contributed by atoms with Crippen molar-refractivity contribution in [3.05, 3.63) is 46.7 Å². The van der Waals surface area contributed by atoms with Gasteiger partial charge in [0, 0.05) is 44.0 Å². The van der Waals surface area contributed by atoms with E-state index in [0.717, 1.165) is 42.3 Å². The zero-order valence-electron chi connectivity index (χ0n) is 17.1. The summed E-state index contributed by atoms with van der Waals surface area (Å²) in [6.45, 7) is 1.45. The van der Waals surface area contributed by atoms with Gasteiger partial charge < -0.3 is 20.3 Å². The van der Waals surface area contributed by atoms with Gasteiger partial charge in [-0.2, -0.15) is 5.10 Å². The van der Waals surface area contributed by atoms with Crippen molar-refractivity contribution in [2.75, 3.05) is 41.3 Å². The Bertz CT molecular complexity index is 765. The van der Waals surface area contributed by atoms with Crippen molar-refractivity contribution in [3.8, 4) is 5.75 Å². The maximum Gasteiger partial charge on any atom is 0.191 e. The van der Waals surface area contributed by atoms with Crippen LogP contribution in [0, 0.1) is 0 Å². The molecule has 0 radical (unpaired) electrons. The van der Waals surface area contributed by atoms with Crippen LogP contribution in [0.4, 0.5) is 0 Å². The number of aliphatic imine (C=N–C) groups is 1. The van der Waals surface area contributed by atoms with Crippen molar-refractivity contribution in [2.24, 2.45) is 12.0 Å². The van der Waals surface area contributed by atoms with Crippen molar-refractivity contribution in [3.63, 3.8) is 0 Å². The van der Waals surface area contributed by atoms with Crippen LogP contribution in [0.1, 0.15) is 17.2 Å². The van der Waals surface area contributed by atoms with Crippen molar-refractivity contribution in [2.45, 2.75) is 12.5 Å². The second-order valence-corrected chi connectivity index (χ2v) is 6.92. The number of aromatic nitrogens is 2. The van der Waals surface area contributed by atoms with E-state index in [0.29, 0.717) is 5.02 Å². The molecule has 1 atom stereocenters. The molecule has 1 unspecified atom stereocenters. The third-order valence-electron chi connectivity index (χ3n) is 4.37. The third-order valence-corrected chi connectivity index (χ3v) is 4.72. The standard InChI is InChI=1S/C19H29ClN6O.HI/c1-21-19(22-9-8-14-6-7-16(27-5)10-17(14)20)23-12-18(25(2)3)15-11-24-26(4)13-15;/h6-7,10-11,13,18H,8-9,12H2,1-5H3,(H2,21,22,23);1H. The second-order valence-electron chi connectivity index (χ2n) is 6.51. The van der Waals surface area contributed by atoms with Crippen LogP contribution in [-0.4, -0.2) is 62.0 Å². The van der Waals surface area contributed by atoms with Gasteiger partial charge in [0.15, 0.2) is 5.96 Å². The summed E-state index contributed by atoms with van der Waals surface area (Å²) in [7, 11) is 9.44. The smallest absolute Gasteiger partial charge is 0.191 e. The highest BCUT2D eigenvalue weighted by Crippen LogP contribution is 2.22. The summed E-state index contributed by atoms with van der Waals surface area (Å²) in [4.78, 5) is 6.46. The molecule has 0 bridgehead atoms. The van der Waals surface area contributed by atoms with E-state index in [1.807, 2.05) is 42.3 Å². The average Bonchev–Trinajstić information content (AvgIpc) is 3.07. The lowest BCUT2D eigenvalue weighted by Crippen LogP contribution is -2.42. The van der Waals surface area contributed by atoms with Crippen LogP contribution in [0.3, 0.4) is 0 Å². The fourth-order valence-corrected chi connectivity index (χ4v) is 3.06. The maximum absolute atomic E-state index is 6.30. The molecule has 2 N–H and O–H groups in total. The normalized spacial score (nSPS) is 12.5. The molecule has 2 aromatic rings. The molecule has 0 spiro atoms. The summed E-state index contributed by atoms with van der Waals surface area (Å²) in [5.74, 6) is 1.52. The number of nitrogens with zero attached hydrogens (tertiary/aromatic N) is 4. The number of benzene rings is 1. The Morgan fingerprint density at radius 3 is 2.64 bits per heavy atom. The first-order valence-corrected chi connectivity index (χ1v) is 9.24. The number of hydrogen-bond donors (Lipinski definition) is 2. The predicted molar refractivity (Wildman–Crippen MR) is 126 cm³/mol. The number of aryl methyl sites for hydroxylation is 1. The summed E-state index contributed by atoms with van der Waals surface area (Å²) in [6, 6.07) is 5.95. The van der Waals surface area contributed by atoms with Gasteiger partial charge in [-0.3, -0.25) is 9.67 Å². The second kappa shape index (κ2) is 12.1. The number of nitrogens with one attached hydrogen (secondary N) is 2. The molecule has 156 valence electrons. The number of hydrogen-bond acceptors (Lipinski definition) is 4. The molecule has 0 aliphatic carbocycles. The molecule has 1 aromatic carbocycles. The highest BCUT2D eigenvalue weighted by molar-refractivity contribution is 14.0. The lowest BCUT2D eigenvalue weighted by Gasteiger charge is -2.24. The van der Waals surface area contributed by atoms with Gasteiger partial charge in [-0.25, -0.2) is 0 Å². The number of ether oxygens (including phenoxy) is 1. The Morgan fingerprint density at radius 2 is 2.11 bits per heavy atom. The molecule has 28 heavy (non-hydrogen) atoms. The summed E-state index contributed by atoms with van der Waals surface area (Å²) in [5.41, 5.74) is 2.23. The zero-order valence-corrected chi connectivity index (χ0v) is 20.2. The number of halogens is 2. The molecule has 0 aliphatic heterocycles. The van der Waals surface area contributed by atoms with E-state index in [2.05, 4.69) is 39.7 Å². The van der Waals surface area contributed by atoms with E-state index in [-0.39, 0.29) is 30.0 Å². The molecule has 1 aromatic heterocycles. The molecule has 2 rings (SSSR count). The Hall–Kier alpha value is -1.52. The van der Waals surface area contributed by atoms with Gasteiger partial charge in [-0.05, 0) is 38.2 Å². The molecular weight excluding hydrogens is 491 g/mol. The Labute approximate surface area is 189 Å². The number of rotatable bonds is 8. The largest absolute Gasteiger partial charge is 0.497 e. The van der Waals surface area contributed by atoms with E-state index in [1.54, 1.807) is 14.2 Å². The van der Waals surface area contributed by atoms with Crippen LogP contribution < -0.4 is 15.4 Å². The first-order chi connectivity index (χ1) is 12.9. The Kier molecular flexibility index (Phi) is 10.6. The van der Waals surface area contributed by atoms with Crippen LogP contribution in [0.2, 0.25) is 5.02 Å². The zero-order chi connectivity index (χ0) is 19.8. The number of methoxy groups -OCH3 is 1. The Balaban J connectivity index is 0.00000392. The molecule has 0 aliphatic rings. The fraction of sp³-hybridized carbons (Fsp3) is 0.474. The van der Waals surface area contributed by atoms with E-state index >= 15 is 0 Å². The molecule has 0 fully saturated rings. The maximum atomic E-state index is 6.30. The summed E-state index contributed by atoms with van der Waals surface area (Å²) in [5, 5.41) is 11.7. The van der Waals surface area contributed by atoms with Gasteiger partial charge in [0.05, 0.1) is 19.3 Å². The topological polar surface area (TPSA) is 66.7 Å². The van der Waals surface area contributed by atoms with Crippen LogP contribution in [0.5, 0.6) is 5.75 Å². The van der Waals surface area contributed by atoms with Gasteiger partial charge in [0.1, 0.15) is 5.75 Å². The van der Waals surface area contributed by atoms with E-state index in [9.17, 15) is 0 Å². The molecule has 9 heteroatoms. The van der Waals surface area contributed by atoms with Gasteiger partial charge in [-0.15, -0.1) is 24.0 Å². The minimum Gasteiger partial charge on any atom is -0.497 e. The van der Waals surface area contributed by atoms with E-state index < -0.39 is 0 Å². The lowest BCUT2D eigenvalue weighted by atomic mass is 10.1. The van der Waals surface area contributed by atoms with Crippen molar-refractivity contribution >= 4 is 41.5 Å². The van der Waals surface area contributed by atoms with Crippen LogP contribution >= 0.6 is 35.6 Å². The highest BCUT2D eigenvalue weighted by atomic mass is 127. The quantitative estimate of drug-likeness (QED) is 0.318. The van der Waals surface area contributed by atoms with E-state index in [1.165, 1.54) is 0 Å². The van der Waals surface area contributed by atoms with Crippen LogP contribution in [0.15, 0.2) is 35.6 Å². The molecule has 0 saturated heterocycles. The van der Waals surface area contributed by atoms with Crippen molar-refractivity contribution < 1.29 is 4.74 Å². The molecular formula is C19H30ClIN6O. The summed E-state index contributed by atoms with van der Waals surface area (Å²) < 4.78 is 7.00. The summed E-state index contributed by atoms with van der Waals surface area (Å²) >= 11 is 6.30. The summed E-state index contributed by atoms with van der Waals surface area (Å²) in [6.07, 6.45) is 4.73. The minimum atomic E-state index is 0. The van der Waals surface area contributed by atoms with Crippen LogP contribution in [-0.2, 0) is 13.5 Å². The predicted octanol–water partition coefficient (Wildman–Crippen LogP) is 2.71. The Morgan fingerprint density at radius 1 is 1.36 bits per heavy atom. The molecule has 1 heterocycles. The molecule has 0 amide bonds. The monoisotopic (exact) mass is 520 g/mol. The first kappa shape index (κ1) is 24.5. The third kappa shape index (κ3) is 7.14. The average molecular weight is 521 g/mol. The first-order valence-electron chi connectivity index (χ1n) is 8.86. The van der Waals surface area contributed by atoms with Gasteiger partial charge >= 0.3 is 0 Å². The molecule has 0 saturated carbocycles. The highest BCUT2D eigenvalue weighted by Gasteiger charge is 2.16. The van der Waals surface area contributed by atoms with Gasteiger partial charge in [-0.1, -0.05) is 17.7 Å². The molecule has 7 nitrogen and oxygen atoms in total. The van der Waals surface area contributed by atoms with Crippen LogP contribution in [0.25, 0.3) is 0 Å². The number of likely N-dealkylation sites (N-methyl/N-ethyl adjacent to an activating group) is 1. The number of guanidine groups is 1. The van der Waals surface area contributed by atoms with Gasteiger partial charge in [0.2, 0.25) is 0 Å². The minimum absolute atomic E-state index is 0. The van der Waals surface area contributed by atoms with E-state index in [4.69, 9.17) is 16.3 Å². The van der Waals surface area contributed by atoms with Crippen molar-refractivity contribution in [1.82, 2.24) is 25.3 Å².